The van der Waals surface area contributed by atoms with E-state index >= 15 is 0 Å². The number of carbonyl (C=O) groups is 1. The molecular formula is C12H14F2O2. The van der Waals surface area contributed by atoms with Crippen molar-refractivity contribution in [1.82, 2.24) is 0 Å². The maximum atomic E-state index is 13.1. The molecule has 1 aromatic rings. The zero-order chi connectivity index (χ0) is 12.6. The smallest absolute Gasteiger partial charge is 0.313 e. The lowest BCUT2D eigenvalue weighted by Crippen LogP contribution is -2.28. The molecule has 0 aliphatic heterocycles. The normalized spacial score (nSPS) is 12.6. The molecule has 0 heterocycles. The molecule has 0 saturated carbocycles. The van der Waals surface area contributed by atoms with Gasteiger partial charge in [-0.1, -0.05) is 18.2 Å². The van der Waals surface area contributed by atoms with Crippen LogP contribution in [-0.4, -0.2) is 11.1 Å². The van der Waals surface area contributed by atoms with Crippen molar-refractivity contribution in [2.75, 3.05) is 0 Å². The standard InChI is InChI=1S/C12H14F2O2/c1-11(2,10(15)16)8-5-4-6-9(7-8)12(3,13)14/h4-7H,1-3H3,(H,15,16). The Kier molecular flexibility index (Phi) is 3.03. The first-order valence-corrected chi connectivity index (χ1v) is 4.88. The van der Waals surface area contributed by atoms with E-state index in [1.807, 2.05) is 0 Å². The van der Waals surface area contributed by atoms with Crippen molar-refractivity contribution in [1.29, 1.82) is 0 Å². The van der Waals surface area contributed by atoms with E-state index in [1.165, 1.54) is 32.0 Å². The fourth-order valence-electron chi connectivity index (χ4n) is 1.30. The summed E-state index contributed by atoms with van der Waals surface area (Å²) in [6, 6.07) is 5.53. The lowest BCUT2D eigenvalue weighted by atomic mass is 9.83. The summed E-state index contributed by atoms with van der Waals surface area (Å²) in [5.74, 6) is -3.99. The Morgan fingerprint density at radius 2 is 1.69 bits per heavy atom. The van der Waals surface area contributed by atoms with E-state index in [0.29, 0.717) is 5.56 Å². The second kappa shape index (κ2) is 3.85. The van der Waals surface area contributed by atoms with Gasteiger partial charge >= 0.3 is 5.97 Å². The van der Waals surface area contributed by atoms with Gasteiger partial charge in [-0.3, -0.25) is 4.79 Å². The molecule has 0 atom stereocenters. The Morgan fingerprint density at radius 1 is 1.19 bits per heavy atom. The second-order valence-electron chi connectivity index (χ2n) is 4.40. The second-order valence-corrected chi connectivity index (χ2v) is 4.40. The van der Waals surface area contributed by atoms with Crippen LogP contribution >= 0.6 is 0 Å². The molecule has 88 valence electrons. The average molecular weight is 228 g/mol. The summed E-state index contributed by atoms with van der Waals surface area (Å²) in [5, 5.41) is 9.00. The van der Waals surface area contributed by atoms with E-state index in [-0.39, 0.29) is 5.56 Å². The Balaban J connectivity index is 3.23. The zero-order valence-corrected chi connectivity index (χ0v) is 9.42. The monoisotopic (exact) mass is 228 g/mol. The predicted octanol–water partition coefficient (Wildman–Crippen LogP) is 3.16. The molecule has 0 fully saturated rings. The molecule has 16 heavy (non-hydrogen) atoms. The van der Waals surface area contributed by atoms with Crippen LogP contribution < -0.4 is 0 Å². The maximum Gasteiger partial charge on any atom is 0.313 e. The van der Waals surface area contributed by atoms with Gasteiger partial charge in [-0.05, 0) is 25.5 Å². The van der Waals surface area contributed by atoms with E-state index in [9.17, 15) is 13.6 Å². The number of rotatable bonds is 3. The highest BCUT2D eigenvalue weighted by Gasteiger charge is 2.32. The van der Waals surface area contributed by atoms with Crippen LogP contribution in [0.3, 0.4) is 0 Å². The molecule has 1 N–H and O–H groups in total. The summed E-state index contributed by atoms with van der Waals surface area (Å²) in [5.41, 5.74) is -0.959. The van der Waals surface area contributed by atoms with Gasteiger partial charge in [0.1, 0.15) is 0 Å². The number of aliphatic carboxylic acids is 1. The molecule has 0 saturated heterocycles. The summed E-state index contributed by atoms with van der Waals surface area (Å²) < 4.78 is 26.2. The largest absolute Gasteiger partial charge is 0.481 e. The molecule has 4 heteroatoms. The van der Waals surface area contributed by atoms with E-state index < -0.39 is 17.3 Å². The minimum Gasteiger partial charge on any atom is -0.481 e. The number of carboxylic acid groups (broad SMARTS) is 1. The first-order valence-electron chi connectivity index (χ1n) is 4.88. The van der Waals surface area contributed by atoms with E-state index in [0.717, 1.165) is 6.92 Å². The summed E-state index contributed by atoms with van der Waals surface area (Å²) in [6.07, 6.45) is 0. The van der Waals surface area contributed by atoms with Gasteiger partial charge in [0.05, 0.1) is 5.41 Å². The molecule has 1 aromatic carbocycles. The van der Waals surface area contributed by atoms with Crippen LogP contribution in [-0.2, 0) is 16.1 Å². The van der Waals surface area contributed by atoms with Gasteiger partial charge in [0, 0.05) is 12.5 Å². The topological polar surface area (TPSA) is 37.3 Å². The van der Waals surface area contributed by atoms with Crippen molar-refractivity contribution in [3.05, 3.63) is 35.4 Å². The first-order chi connectivity index (χ1) is 7.15. The number of hydrogen-bond donors (Lipinski definition) is 1. The van der Waals surface area contributed by atoms with Gasteiger partial charge in [0.2, 0.25) is 0 Å². The Morgan fingerprint density at radius 3 is 2.12 bits per heavy atom. The third-order valence-corrected chi connectivity index (χ3v) is 2.63. The molecule has 0 aromatic heterocycles. The first kappa shape index (κ1) is 12.6. The van der Waals surface area contributed by atoms with E-state index in [2.05, 4.69) is 0 Å². The zero-order valence-electron chi connectivity index (χ0n) is 9.42. The molecule has 1 rings (SSSR count). The van der Waals surface area contributed by atoms with Gasteiger partial charge in [-0.2, -0.15) is 0 Å². The van der Waals surface area contributed by atoms with Gasteiger partial charge in [-0.25, -0.2) is 8.78 Å². The summed E-state index contributed by atoms with van der Waals surface area (Å²) in [6.45, 7) is 3.77. The van der Waals surface area contributed by atoms with Crippen LogP contribution in [0.2, 0.25) is 0 Å². The molecule has 0 bridgehead atoms. The highest BCUT2D eigenvalue weighted by molar-refractivity contribution is 5.80. The van der Waals surface area contributed by atoms with Crippen molar-refractivity contribution in [3.8, 4) is 0 Å². The number of carboxylic acids is 1. The SMILES string of the molecule is CC(F)(F)c1cccc(C(C)(C)C(=O)O)c1. The van der Waals surface area contributed by atoms with Gasteiger partial charge in [0.25, 0.3) is 5.92 Å². The van der Waals surface area contributed by atoms with Gasteiger partial charge in [-0.15, -0.1) is 0 Å². The third kappa shape index (κ3) is 2.38. The summed E-state index contributed by atoms with van der Waals surface area (Å²) >= 11 is 0. The third-order valence-electron chi connectivity index (χ3n) is 2.63. The van der Waals surface area contributed by atoms with E-state index in [1.54, 1.807) is 6.07 Å². The van der Waals surface area contributed by atoms with Crippen molar-refractivity contribution in [3.63, 3.8) is 0 Å². The Labute approximate surface area is 92.9 Å². The van der Waals surface area contributed by atoms with Gasteiger partial charge < -0.3 is 5.11 Å². The predicted molar refractivity (Wildman–Crippen MR) is 56.7 cm³/mol. The molecule has 0 aliphatic rings. The fourth-order valence-corrected chi connectivity index (χ4v) is 1.30. The molecule has 2 nitrogen and oxygen atoms in total. The van der Waals surface area contributed by atoms with Crippen molar-refractivity contribution in [2.24, 2.45) is 0 Å². The minimum absolute atomic E-state index is 0.167. The van der Waals surface area contributed by atoms with Gasteiger partial charge in [0.15, 0.2) is 0 Å². The van der Waals surface area contributed by atoms with Crippen molar-refractivity contribution < 1.29 is 18.7 Å². The van der Waals surface area contributed by atoms with Crippen molar-refractivity contribution >= 4 is 5.97 Å². The highest BCUT2D eigenvalue weighted by Crippen LogP contribution is 2.31. The minimum atomic E-state index is -2.95. The molecule has 0 aliphatic carbocycles. The number of halogens is 2. The summed E-state index contributed by atoms with van der Waals surface area (Å²) in [7, 11) is 0. The molecule has 0 radical (unpaired) electrons. The quantitative estimate of drug-likeness (QED) is 0.862. The number of benzene rings is 1. The molecule has 0 unspecified atom stereocenters. The average Bonchev–Trinajstić information content (AvgIpc) is 2.16. The van der Waals surface area contributed by atoms with Crippen molar-refractivity contribution in [2.45, 2.75) is 32.1 Å². The molecule has 0 spiro atoms. The molecular weight excluding hydrogens is 214 g/mol. The maximum absolute atomic E-state index is 13.1. The van der Waals surface area contributed by atoms with Crippen LogP contribution in [0.4, 0.5) is 8.78 Å². The lowest BCUT2D eigenvalue weighted by molar-refractivity contribution is -0.142. The van der Waals surface area contributed by atoms with Crippen LogP contribution in [0.25, 0.3) is 0 Å². The number of hydrogen-bond acceptors (Lipinski definition) is 1. The fraction of sp³-hybridized carbons (Fsp3) is 0.417. The van der Waals surface area contributed by atoms with Crippen LogP contribution in [0.15, 0.2) is 24.3 Å². The van der Waals surface area contributed by atoms with Crippen LogP contribution in [0, 0.1) is 0 Å². The highest BCUT2D eigenvalue weighted by atomic mass is 19.3. The Bertz CT molecular complexity index is 406. The van der Waals surface area contributed by atoms with Crippen LogP contribution in [0.5, 0.6) is 0 Å². The Hall–Kier alpha value is -1.45. The number of alkyl halides is 2. The lowest BCUT2D eigenvalue weighted by Gasteiger charge is -2.21. The molecule has 0 amide bonds. The van der Waals surface area contributed by atoms with Crippen LogP contribution in [0.1, 0.15) is 31.9 Å². The summed E-state index contributed by atoms with van der Waals surface area (Å²) in [4.78, 5) is 11.0. The van der Waals surface area contributed by atoms with E-state index in [4.69, 9.17) is 5.11 Å².